The minimum Gasteiger partial charge on any atom is -0.380 e. The number of pyridine rings is 1. The van der Waals surface area contributed by atoms with Gasteiger partial charge in [0.05, 0.1) is 24.5 Å². The van der Waals surface area contributed by atoms with Gasteiger partial charge in [-0.3, -0.25) is 4.98 Å². The van der Waals surface area contributed by atoms with Crippen LogP contribution in [0.2, 0.25) is 0 Å². The second kappa shape index (κ2) is 6.29. The van der Waals surface area contributed by atoms with E-state index in [9.17, 15) is 4.39 Å². The van der Waals surface area contributed by atoms with Gasteiger partial charge in [-0.25, -0.2) is 4.39 Å². The predicted octanol–water partition coefficient (Wildman–Crippen LogP) is 3.54. The summed E-state index contributed by atoms with van der Waals surface area (Å²) in [7, 11) is 1.67. The summed E-state index contributed by atoms with van der Waals surface area (Å²) in [5, 5.41) is 3.34. The Labute approximate surface area is 112 Å². The van der Waals surface area contributed by atoms with Crippen LogP contribution in [0, 0.1) is 5.82 Å². The molecule has 0 amide bonds. The number of rotatable bonds is 5. The normalized spacial score (nSPS) is 12.2. The number of aromatic nitrogens is 1. The van der Waals surface area contributed by atoms with E-state index in [-0.39, 0.29) is 11.9 Å². The van der Waals surface area contributed by atoms with E-state index < -0.39 is 0 Å². The monoisotopic (exact) mass is 260 g/mol. The number of ether oxygens (including phenoxy) is 1. The zero-order valence-corrected chi connectivity index (χ0v) is 11.1. The van der Waals surface area contributed by atoms with Gasteiger partial charge in [0.25, 0.3) is 0 Å². The van der Waals surface area contributed by atoms with Crippen LogP contribution < -0.4 is 5.32 Å². The van der Waals surface area contributed by atoms with Gasteiger partial charge in [-0.05, 0) is 36.8 Å². The molecule has 0 bridgehead atoms. The average molecular weight is 260 g/mol. The number of anilines is 1. The van der Waals surface area contributed by atoms with Crippen molar-refractivity contribution >= 4 is 5.69 Å². The summed E-state index contributed by atoms with van der Waals surface area (Å²) in [5.41, 5.74) is 2.90. The second-order valence-corrected chi connectivity index (χ2v) is 4.40. The summed E-state index contributed by atoms with van der Waals surface area (Å²) >= 11 is 0. The lowest BCUT2D eigenvalue weighted by atomic mass is 10.1. The molecule has 2 aromatic rings. The molecule has 0 spiro atoms. The van der Waals surface area contributed by atoms with E-state index in [0.717, 1.165) is 16.9 Å². The number of nitrogens with one attached hydrogen (secondary N) is 1. The minimum atomic E-state index is -0.321. The lowest BCUT2D eigenvalue weighted by Crippen LogP contribution is -2.08. The van der Waals surface area contributed by atoms with Crippen molar-refractivity contribution in [2.75, 3.05) is 12.4 Å². The number of halogens is 1. The number of nitrogens with zero attached hydrogens (tertiary/aromatic N) is 1. The van der Waals surface area contributed by atoms with Crippen molar-refractivity contribution in [1.29, 1.82) is 0 Å². The quantitative estimate of drug-likeness (QED) is 0.892. The molecule has 1 unspecified atom stereocenters. The van der Waals surface area contributed by atoms with Crippen LogP contribution in [0.1, 0.15) is 24.2 Å². The van der Waals surface area contributed by atoms with Gasteiger partial charge in [-0.15, -0.1) is 0 Å². The molecule has 0 aliphatic carbocycles. The molecule has 3 nitrogen and oxygen atoms in total. The van der Waals surface area contributed by atoms with E-state index in [1.807, 2.05) is 31.2 Å². The lowest BCUT2D eigenvalue weighted by Gasteiger charge is -2.15. The highest BCUT2D eigenvalue weighted by Gasteiger charge is 2.07. The summed E-state index contributed by atoms with van der Waals surface area (Å²) in [5.74, 6) is -0.321. The molecule has 1 aromatic heterocycles. The highest BCUT2D eigenvalue weighted by molar-refractivity contribution is 5.47. The van der Waals surface area contributed by atoms with Crippen LogP contribution >= 0.6 is 0 Å². The maximum atomic E-state index is 12.8. The number of benzene rings is 1. The van der Waals surface area contributed by atoms with E-state index in [4.69, 9.17) is 4.74 Å². The summed E-state index contributed by atoms with van der Waals surface area (Å²) in [4.78, 5) is 4.07. The topological polar surface area (TPSA) is 34.1 Å². The zero-order chi connectivity index (χ0) is 13.7. The van der Waals surface area contributed by atoms with Crippen LogP contribution in [-0.2, 0) is 11.3 Å². The molecule has 0 aliphatic heterocycles. The Morgan fingerprint density at radius 3 is 2.84 bits per heavy atom. The smallest absolute Gasteiger partial charge is 0.141 e. The first-order valence-electron chi connectivity index (χ1n) is 6.15. The zero-order valence-electron chi connectivity index (χ0n) is 11.1. The van der Waals surface area contributed by atoms with Gasteiger partial charge in [-0.1, -0.05) is 12.1 Å². The van der Waals surface area contributed by atoms with Crippen LogP contribution in [0.15, 0.2) is 42.6 Å². The summed E-state index contributed by atoms with van der Waals surface area (Å²) < 4.78 is 17.9. The summed E-state index contributed by atoms with van der Waals surface area (Å²) in [6.45, 7) is 2.57. The van der Waals surface area contributed by atoms with E-state index in [2.05, 4.69) is 10.3 Å². The second-order valence-electron chi connectivity index (χ2n) is 4.40. The Kier molecular flexibility index (Phi) is 4.47. The van der Waals surface area contributed by atoms with Gasteiger partial charge >= 0.3 is 0 Å². The van der Waals surface area contributed by atoms with E-state index in [1.165, 1.54) is 12.3 Å². The highest BCUT2D eigenvalue weighted by atomic mass is 19.1. The van der Waals surface area contributed by atoms with E-state index in [0.29, 0.717) is 6.61 Å². The van der Waals surface area contributed by atoms with Crippen molar-refractivity contribution in [3.05, 3.63) is 59.7 Å². The molecular weight excluding hydrogens is 243 g/mol. The van der Waals surface area contributed by atoms with E-state index in [1.54, 1.807) is 13.2 Å². The van der Waals surface area contributed by atoms with Crippen molar-refractivity contribution < 1.29 is 9.13 Å². The van der Waals surface area contributed by atoms with Gasteiger partial charge in [-0.2, -0.15) is 0 Å². The van der Waals surface area contributed by atoms with Crippen molar-refractivity contribution in [3.8, 4) is 0 Å². The van der Waals surface area contributed by atoms with Gasteiger partial charge < -0.3 is 10.1 Å². The molecule has 1 aromatic carbocycles. The Bertz CT molecular complexity index is 528. The largest absolute Gasteiger partial charge is 0.380 e. The van der Waals surface area contributed by atoms with Crippen LogP contribution in [-0.4, -0.2) is 12.1 Å². The molecular formula is C15H17FN2O. The molecule has 0 saturated heterocycles. The fraction of sp³-hybridized carbons (Fsp3) is 0.267. The third-order valence-electron chi connectivity index (χ3n) is 2.82. The number of hydrogen-bond acceptors (Lipinski definition) is 3. The first kappa shape index (κ1) is 13.5. The molecule has 2 rings (SSSR count). The Morgan fingerprint density at radius 2 is 2.16 bits per heavy atom. The van der Waals surface area contributed by atoms with Crippen LogP contribution in [0.4, 0.5) is 10.1 Å². The number of methoxy groups -OCH3 is 1. The SMILES string of the molecule is COCc1cccc(NC(C)c2ccc(F)cn2)c1. The lowest BCUT2D eigenvalue weighted by molar-refractivity contribution is 0.185. The van der Waals surface area contributed by atoms with Crippen molar-refractivity contribution in [2.45, 2.75) is 19.6 Å². The maximum absolute atomic E-state index is 12.8. The van der Waals surface area contributed by atoms with Crippen molar-refractivity contribution in [1.82, 2.24) is 4.98 Å². The fourth-order valence-electron chi connectivity index (χ4n) is 1.88. The van der Waals surface area contributed by atoms with Crippen LogP contribution in [0.3, 0.4) is 0 Å². The average Bonchev–Trinajstić information content (AvgIpc) is 2.40. The standard InChI is InChI=1S/C15H17FN2O/c1-11(15-7-6-13(16)9-17-15)18-14-5-3-4-12(8-14)10-19-2/h3-9,11,18H,10H2,1-2H3. The number of hydrogen-bond donors (Lipinski definition) is 1. The summed E-state index contributed by atoms with van der Waals surface area (Å²) in [6.07, 6.45) is 1.23. The highest BCUT2D eigenvalue weighted by Crippen LogP contribution is 2.19. The molecule has 19 heavy (non-hydrogen) atoms. The Morgan fingerprint density at radius 1 is 1.32 bits per heavy atom. The van der Waals surface area contributed by atoms with Gasteiger partial charge in [0.15, 0.2) is 0 Å². The third kappa shape index (κ3) is 3.76. The first-order valence-corrected chi connectivity index (χ1v) is 6.15. The Hall–Kier alpha value is -1.94. The van der Waals surface area contributed by atoms with Crippen LogP contribution in [0.25, 0.3) is 0 Å². The third-order valence-corrected chi connectivity index (χ3v) is 2.82. The molecule has 1 N–H and O–H groups in total. The molecule has 0 fully saturated rings. The predicted molar refractivity (Wildman–Crippen MR) is 73.4 cm³/mol. The van der Waals surface area contributed by atoms with Gasteiger partial charge in [0.1, 0.15) is 5.82 Å². The fourth-order valence-corrected chi connectivity index (χ4v) is 1.88. The van der Waals surface area contributed by atoms with Crippen molar-refractivity contribution in [3.63, 3.8) is 0 Å². The molecule has 4 heteroatoms. The molecule has 100 valence electrons. The molecule has 1 heterocycles. The van der Waals surface area contributed by atoms with Crippen LogP contribution in [0.5, 0.6) is 0 Å². The van der Waals surface area contributed by atoms with E-state index >= 15 is 0 Å². The molecule has 1 atom stereocenters. The minimum absolute atomic E-state index is 0.0124. The molecule has 0 saturated carbocycles. The molecule has 0 aliphatic rings. The van der Waals surface area contributed by atoms with Crippen molar-refractivity contribution in [2.24, 2.45) is 0 Å². The van der Waals surface area contributed by atoms with Gasteiger partial charge in [0.2, 0.25) is 0 Å². The maximum Gasteiger partial charge on any atom is 0.141 e. The molecule has 0 radical (unpaired) electrons. The Balaban J connectivity index is 2.07. The van der Waals surface area contributed by atoms with Gasteiger partial charge in [0, 0.05) is 12.8 Å². The summed E-state index contributed by atoms with van der Waals surface area (Å²) in [6, 6.07) is 11.1. The first-order chi connectivity index (χ1) is 9.19.